The molecule has 6 nitrogen and oxygen atoms in total. The Labute approximate surface area is 151 Å². The van der Waals surface area contributed by atoms with Crippen LogP contribution in [-0.4, -0.2) is 30.6 Å². The third-order valence-electron chi connectivity index (χ3n) is 3.30. The molecule has 1 aromatic heterocycles. The number of carbonyl (C=O) groups is 2. The van der Waals surface area contributed by atoms with Crippen LogP contribution in [0.4, 0.5) is 5.13 Å². The molecular formula is C18H22N2O4S. The molecule has 0 saturated carbocycles. The van der Waals surface area contributed by atoms with Gasteiger partial charge in [0.1, 0.15) is 10.6 Å². The van der Waals surface area contributed by atoms with Crippen LogP contribution in [0.5, 0.6) is 5.75 Å². The fraction of sp³-hybridized carbons (Fsp3) is 0.389. The normalized spacial score (nSPS) is 10.6. The number of aromatic nitrogens is 1. The number of nitrogens with one attached hydrogen (secondary N) is 1. The second-order valence-electron chi connectivity index (χ2n) is 6.00. The molecule has 0 saturated heterocycles. The summed E-state index contributed by atoms with van der Waals surface area (Å²) in [4.78, 5) is 28.8. The van der Waals surface area contributed by atoms with E-state index in [1.165, 1.54) is 0 Å². The lowest BCUT2D eigenvalue weighted by atomic mass is 10.1. The van der Waals surface area contributed by atoms with E-state index in [1.54, 1.807) is 26.2 Å². The number of esters is 1. The van der Waals surface area contributed by atoms with Gasteiger partial charge >= 0.3 is 5.97 Å². The second-order valence-corrected chi connectivity index (χ2v) is 7.00. The van der Waals surface area contributed by atoms with E-state index in [4.69, 9.17) is 9.47 Å². The number of methoxy groups -OCH3 is 1. The van der Waals surface area contributed by atoms with Crippen molar-refractivity contribution in [3.8, 4) is 5.75 Å². The van der Waals surface area contributed by atoms with E-state index in [1.807, 2.05) is 26.0 Å². The summed E-state index contributed by atoms with van der Waals surface area (Å²) in [6, 6.07) is 7.28. The number of carbonyl (C=O) groups excluding carboxylic acids is 2. The van der Waals surface area contributed by atoms with Crippen molar-refractivity contribution in [1.82, 2.24) is 4.98 Å². The summed E-state index contributed by atoms with van der Waals surface area (Å²) in [5, 5.41) is 3.13. The molecule has 0 fully saturated rings. The van der Waals surface area contributed by atoms with Gasteiger partial charge in [-0.05, 0) is 30.5 Å². The maximum Gasteiger partial charge on any atom is 0.350 e. The molecule has 1 N–H and O–H groups in total. The molecule has 1 aromatic carbocycles. The van der Waals surface area contributed by atoms with Crippen LogP contribution in [-0.2, 0) is 16.0 Å². The summed E-state index contributed by atoms with van der Waals surface area (Å²) in [5.74, 6) is 0.408. The Bertz CT molecular complexity index is 738. The van der Waals surface area contributed by atoms with Crippen molar-refractivity contribution >= 4 is 28.3 Å². The van der Waals surface area contributed by atoms with E-state index in [2.05, 4.69) is 10.3 Å². The van der Waals surface area contributed by atoms with Gasteiger partial charge in [-0.15, -0.1) is 0 Å². The molecule has 0 aliphatic rings. The molecule has 7 heteroatoms. The van der Waals surface area contributed by atoms with Crippen molar-refractivity contribution in [3.05, 3.63) is 40.4 Å². The Hall–Kier alpha value is -2.41. The van der Waals surface area contributed by atoms with Gasteiger partial charge in [-0.1, -0.05) is 37.3 Å². The van der Waals surface area contributed by atoms with E-state index >= 15 is 0 Å². The SMILES string of the molecule is COc1ccc(CC(=O)Nc2nc(C)c(C(=O)OCC(C)C)s2)cc1. The van der Waals surface area contributed by atoms with E-state index in [-0.39, 0.29) is 18.2 Å². The van der Waals surface area contributed by atoms with Crippen molar-refractivity contribution < 1.29 is 19.1 Å². The zero-order chi connectivity index (χ0) is 18.4. The fourth-order valence-electron chi connectivity index (χ4n) is 2.04. The summed E-state index contributed by atoms with van der Waals surface area (Å²) in [6.07, 6.45) is 0.218. The molecule has 1 heterocycles. The number of rotatable bonds is 7. The molecule has 0 spiro atoms. The second kappa shape index (κ2) is 8.62. The number of thiazole rings is 1. The molecule has 2 rings (SSSR count). The minimum absolute atomic E-state index is 0.194. The Morgan fingerprint density at radius 2 is 1.92 bits per heavy atom. The summed E-state index contributed by atoms with van der Waals surface area (Å²) >= 11 is 1.13. The molecular weight excluding hydrogens is 340 g/mol. The molecule has 2 aromatic rings. The lowest BCUT2D eigenvalue weighted by Crippen LogP contribution is -2.14. The highest BCUT2D eigenvalue weighted by Gasteiger charge is 2.18. The van der Waals surface area contributed by atoms with E-state index in [0.717, 1.165) is 22.6 Å². The van der Waals surface area contributed by atoms with Gasteiger partial charge in [-0.2, -0.15) is 0 Å². The minimum Gasteiger partial charge on any atom is -0.497 e. The van der Waals surface area contributed by atoms with Gasteiger partial charge in [0, 0.05) is 0 Å². The van der Waals surface area contributed by atoms with Crippen molar-refractivity contribution in [2.45, 2.75) is 27.2 Å². The van der Waals surface area contributed by atoms with Gasteiger partial charge in [0.2, 0.25) is 5.91 Å². The van der Waals surface area contributed by atoms with Crippen LogP contribution in [0.1, 0.15) is 34.8 Å². The largest absolute Gasteiger partial charge is 0.497 e. The van der Waals surface area contributed by atoms with E-state index in [9.17, 15) is 9.59 Å². The number of benzene rings is 1. The topological polar surface area (TPSA) is 77.5 Å². The van der Waals surface area contributed by atoms with Crippen molar-refractivity contribution in [2.24, 2.45) is 5.92 Å². The first-order valence-corrected chi connectivity index (χ1v) is 8.78. The Morgan fingerprint density at radius 1 is 1.24 bits per heavy atom. The number of hydrogen-bond acceptors (Lipinski definition) is 6. The number of aryl methyl sites for hydroxylation is 1. The number of hydrogen-bond donors (Lipinski definition) is 1. The summed E-state index contributed by atoms with van der Waals surface area (Å²) < 4.78 is 10.3. The maximum absolute atomic E-state index is 12.1. The first-order valence-electron chi connectivity index (χ1n) is 7.96. The summed E-state index contributed by atoms with van der Waals surface area (Å²) in [5.41, 5.74) is 1.42. The number of nitrogens with zero attached hydrogens (tertiary/aromatic N) is 1. The quantitative estimate of drug-likeness (QED) is 0.763. The zero-order valence-electron chi connectivity index (χ0n) is 14.8. The van der Waals surface area contributed by atoms with Gasteiger partial charge in [0.25, 0.3) is 0 Å². The standard InChI is InChI=1S/C18H22N2O4S/c1-11(2)10-24-17(22)16-12(3)19-18(25-16)20-15(21)9-13-5-7-14(23-4)8-6-13/h5-8,11H,9-10H2,1-4H3,(H,19,20,21). The predicted octanol–water partition coefficient (Wildman–Crippen LogP) is 3.45. The van der Waals surface area contributed by atoms with Gasteiger partial charge < -0.3 is 14.8 Å². The molecule has 0 bridgehead atoms. The lowest BCUT2D eigenvalue weighted by molar-refractivity contribution is -0.115. The predicted molar refractivity (Wildman–Crippen MR) is 97.3 cm³/mol. The molecule has 0 unspecified atom stereocenters. The molecule has 1 amide bonds. The lowest BCUT2D eigenvalue weighted by Gasteiger charge is -2.05. The molecule has 0 atom stereocenters. The van der Waals surface area contributed by atoms with Crippen LogP contribution in [0, 0.1) is 12.8 Å². The third-order valence-corrected chi connectivity index (χ3v) is 4.35. The Balaban J connectivity index is 1.96. The highest BCUT2D eigenvalue weighted by molar-refractivity contribution is 7.17. The van der Waals surface area contributed by atoms with Gasteiger partial charge in [0.05, 0.1) is 25.8 Å². The van der Waals surface area contributed by atoms with Crippen molar-refractivity contribution in [1.29, 1.82) is 0 Å². The third kappa shape index (κ3) is 5.56. The van der Waals surface area contributed by atoms with Gasteiger partial charge in [-0.3, -0.25) is 4.79 Å². The van der Waals surface area contributed by atoms with Crippen molar-refractivity contribution in [2.75, 3.05) is 19.0 Å². The molecule has 134 valence electrons. The van der Waals surface area contributed by atoms with Crippen molar-refractivity contribution in [3.63, 3.8) is 0 Å². The average Bonchev–Trinajstić information content (AvgIpc) is 2.93. The highest BCUT2D eigenvalue weighted by atomic mass is 32.1. The van der Waals surface area contributed by atoms with Gasteiger partial charge in [-0.25, -0.2) is 9.78 Å². The zero-order valence-corrected chi connectivity index (χ0v) is 15.6. The summed E-state index contributed by atoms with van der Waals surface area (Å²) in [7, 11) is 1.59. The molecule has 0 radical (unpaired) electrons. The van der Waals surface area contributed by atoms with Crippen LogP contribution < -0.4 is 10.1 Å². The number of anilines is 1. The number of amides is 1. The highest BCUT2D eigenvalue weighted by Crippen LogP contribution is 2.24. The van der Waals surface area contributed by atoms with Gasteiger partial charge in [0.15, 0.2) is 5.13 Å². The maximum atomic E-state index is 12.1. The van der Waals surface area contributed by atoms with E-state index in [0.29, 0.717) is 22.3 Å². The monoisotopic (exact) mass is 362 g/mol. The molecule has 0 aliphatic carbocycles. The first kappa shape index (κ1) is 18.9. The van der Waals surface area contributed by atoms with Crippen LogP contribution >= 0.6 is 11.3 Å². The minimum atomic E-state index is -0.403. The summed E-state index contributed by atoms with van der Waals surface area (Å²) in [6.45, 7) is 6.02. The first-order chi connectivity index (χ1) is 11.9. The van der Waals surface area contributed by atoms with Crippen LogP contribution in [0.3, 0.4) is 0 Å². The van der Waals surface area contributed by atoms with Crippen LogP contribution in [0.15, 0.2) is 24.3 Å². The van der Waals surface area contributed by atoms with Crippen LogP contribution in [0.25, 0.3) is 0 Å². The Morgan fingerprint density at radius 3 is 2.52 bits per heavy atom. The smallest absolute Gasteiger partial charge is 0.350 e. The molecule has 0 aliphatic heterocycles. The van der Waals surface area contributed by atoms with Crippen LogP contribution in [0.2, 0.25) is 0 Å². The van der Waals surface area contributed by atoms with E-state index < -0.39 is 5.97 Å². The average molecular weight is 362 g/mol. The fourth-order valence-corrected chi connectivity index (χ4v) is 2.92. The number of ether oxygens (including phenoxy) is 2. The molecule has 25 heavy (non-hydrogen) atoms. The Kier molecular flexibility index (Phi) is 6.52.